The molecule has 1 amide bonds. The highest BCUT2D eigenvalue weighted by molar-refractivity contribution is 7.16. The number of benzene rings is 2. The fraction of sp³-hybridized carbons (Fsp3) is 0.387. The minimum Gasteiger partial charge on any atom is -0.496 e. The highest BCUT2D eigenvalue weighted by Crippen LogP contribution is 2.42. The molecule has 1 N–H and O–H groups in total. The number of hydrogen-bond acceptors (Lipinski definition) is 7. The van der Waals surface area contributed by atoms with Crippen LogP contribution in [0.2, 0.25) is 5.02 Å². The van der Waals surface area contributed by atoms with Crippen LogP contribution in [-0.4, -0.2) is 42.8 Å². The number of nitrogens with one attached hydrogen (secondary N) is 1. The first-order chi connectivity index (χ1) is 19.9. The van der Waals surface area contributed by atoms with Crippen LogP contribution in [0.15, 0.2) is 42.5 Å². The van der Waals surface area contributed by atoms with Gasteiger partial charge in [0.2, 0.25) is 0 Å². The summed E-state index contributed by atoms with van der Waals surface area (Å²) in [4.78, 5) is 31.8. The van der Waals surface area contributed by atoms with Crippen LogP contribution in [0.5, 0.6) is 11.5 Å². The number of aryl methyl sites for hydroxylation is 1. The third-order valence-electron chi connectivity index (χ3n) is 7.71. The molecule has 0 unspecified atom stereocenters. The summed E-state index contributed by atoms with van der Waals surface area (Å²) in [6.07, 6.45) is 8.27. The van der Waals surface area contributed by atoms with Gasteiger partial charge >= 0.3 is 5.97 Å². The number of para-hydroxylation sites is 1. The molecule has 216 valence electrons. The van der Waals surface area contributed by atoms with E-state index in [2.05, 4.69) is 5.32 Å². The number of esters is 1. The van der Waals surface area contributed by atoms with Gasteiger partial charge in [-0.1, -0.05) is 61.9 Å². The minimum absolute atomic E-state index is 0.0791. The van der Waals surface area contributed by atoms with Gasteiger partial charge in [0.05, 0.1) is 32.0 Å². The van der Waals surface area contributed by atoms with Gasteiger partial charge in [-0.15, -0.1) is 11.3 Å². The van der Waals surface area contributed by atoms with E-state index in [0.29, 0.717) is 33.3 Å². The summed E-state index contributed by atoms with van der Waals surface area (Å²) in [5.41, 5.74) is 2.61. The molecule has 2 aromatic heterocycles. The van der Waals surface area contributed by atoms with Crippen molar-refractivity contribution in [1.82, 2.24) is 9.55 Å². The Morgan fingerprint density at radius 2 is 1.80 bits per heavy atom. The Morgan fingerprint density at radius 1 is 1.05 bits per heavy atom. The lowest BCUT2D eigenvalue weighted by Crippen LogP contribution is -2.20. The number of rotatable bonds is 10. The fourth-order valence-electron chi connectivity index (χ4n) is 5.57. The van der Waals surface area contributed by atoms with E-state index < -0.39 is 5.97 Å². The monoisotopic (exact) mass is 595 g/mol. The van der Waals surface area contributed by atoms with Crippen molar-refractivity contribution in [2.45, 2.75) is 51.5 Å². The molecule has 2 aromatic carbocycles. The quantitative estimate of drug-likeness (QED) is 0.192. The first kappa shape index (κ1) is 29.0. The molecule has 41 heavy (non-hydrogen) atoms. The van der Waals surface area contributed by atoms with Crippen LogP contribution in [0.1, 0.15) is 53.9 Å². The fourth-order valence-corrected chi connectivity index (χ4v) is 6.78. The van der Waals surface area contributed by atoms with Crippen molar-refractivity contribution in [3.05, 3.63) is 58.1 Å². The molecule has 2 heterocycles. The molecular formula is C31H34ClN3O5S. The van der Waals surface area contributed by atoms with Crippen LogP contribution in [0.4, 0.5) is 5.13 Å². The van der Waals surface area contributed by atoms with Gasteiger partial charge < -0.3 is 18.8 Å². The predicted octanol–water partition coefficient (Wildman–Crippen LogP) is 7.37. The number of amides is 1. The van der Waals surface area contributed by atoms with Crippen molar-refractivity contribution in [3.8, 4) is 22.8 Å². The first-order valence-corrected chi connectivity index (χ1v) is 15.0. The molecule has 4 aromatic rings. The van der Waals surface area contributed by atoms with Crippen molar-refractivity contribution in [1.29, 1.82) is 0 Å². The Hall–Kier alpha value is -3.56. The van der Waals surface area contributed by atoms with Gasteiger partial charge in [-0.25, -0.2) is 4.98 Å². The Morgan fingerprint density at radius 3 is 2.54 bits per heavy atom. The number of nitrogens with zero attached hydrogens (tertiary/aromatic N) is 2. The second kappa shape index (κ2) is 13.0. The lowest BCUT2D eigenvalue weighted by Gasteiger charge is -2.21. The number of aromatic nitrogens is 2. The maximum atomic E-state index is 13.6. The van der Waals surface area contributed by atoms with Crippen molar-refractivity contribution < 1.29 is 23.8 Å². The average Bonchev–Trinajstić information content (AvgIpc) is 3.57. The van der Waals surface area contributed by atoms with E-state index in [1.165, 1.54) is 50.6 Å². The molecule has 1 aliphatic rings. The Bertz CT molecular complexity index is 1560. The molecule has 10 heteroatoms. The summed E-state index contributed by atoms with van der Waals surface area (Å²) in [5.74, 6) is 0.991. The van der Waals surface area contributed by atoms with Crippen LogP contribution in [0, 0.1) is 5.92 Å². The van der Waals surface area contributed by atoms with Crippen molar-refractivity contribution in [2.75, 3.05) is 26.6 Å². The number of carbonyl (C=O) groups excluding carboxylic acids is 2. The molecule has 0 bridgehead atoms. The van der Waals surface area contributed by atoms with E-state index >= 15 is 0 Å². The van der Waals surface area contributed by atoms with Crippen LogP contribution >= 0.6 is 22.9 Å². The molecule has 1 aliphatic carbocycles. The van der Waals surface area contributed by atoms with E-state index in [0.717, 1.165) is 39.9 Å². The van der Waals surface area contributed by atoms with E-state index in [4.69, 9.17) is 30.8 Å². The highest BCUT2D eigenvalue weighted by atomic mass is 35.5. The number of carbonyl (C=O) groups is 2. The standard InChI is InChI=1S/C31H34ClN3O5S/c1-38-25-17-22(32)26(39-2)16-21(25)29-27(14-13-19-9-5-4-6-10-19)41-31(33-29)34-30(37)24-15-20-11-7-8-12-23(20)35(24)18-28(36)40-3/h7-8,11-12,15-17,19H,4-6,9-10,13-14,18H2,1-3H3,(H,33,34,37). The summed E-state index contributed by atoms with van der Waals surface area (Å²) in [6, 6.07) is 12.9. The van der Waals surface area contributed by atoms with Gasteiger partial charge in [0.1, 0.15) is 23.7 Å². The number of anilines is 1. The number of methoxy groups -OCH3 is 3. The van der Waals surface area contributed by atoms with E-state index in [9.17, 15) is 9.59 Å². The van der Waals surface area contributed by atoms with Gasteiger partial charge in [-0.2, -0.15) is 0 Å². The number of hydrogen-bond donors (Lipinski definition) is 1. The molecule has 0 spiro atoms. The smallest absolute Gasteiger partial charge is 0.325 e. The Balaban J connectivity index is 1.50. The minimum atomic E-state index is -0.439. The zero-order chi connectivity index (χ0) is 28.9. The SMILES string of the molecule is COC(=O)Cn1c(C(=O)Nc2nc(-c3cc(OC)c(Cl)cc3OC)c(CCC3CCCCC3)s2)cc2ccccc21. The zero-order valence-electron chi connectivity index (χ0n) is 23.5. The normalized spacial score (nSPS) is 13.8. The van der Waals surface area contributed by atoms with Gasteiger partial charge in [-0.05, 0) is 37.0 Å². The van der Waals surface area contributed by atoms with Crippen LogP contribution in [0.3, 0.4) is 0 Å². The van der Waals surface area contributed by atoms with Crippen LogP contribution in [0.25, 0.3) is 22.2 Å². The van der Waals surface area contributed by atoms with Crippen LogP contribution in [-0.2, 0) is 22.5 Å². The maximum absolute atomic E-state index is 13.6. The summed E-state index contributed by atoms with van der Waals surface area (Å²) in [7, 11) is 4.50. The summed E-state index contributed by atoms with van der Waals surface area (Å²) >= 11 is 7.85. The third-order valence-corrected chi connectivity index (χ3v) is 9.04. The molecule has 0 atom stereocenters. The van der Waals surface area contributed by atoms with E-state index in [-0.39, 0.29) is 12.5 Å². The molecule has 1 saturated carbocycles. The molecule has 0 radical (unpaired) electrons. The van der Waals surface area contributed by atoms with Gasteiger partial charge in [0.25, 0.3) is 5.91 Å². The molecule has 0 saturated heterocycles. The van der Waals surface area contributed by atoms with Gasteiger partial charge in [-0.3, -0.25) is 14.9 Å². The Kier molecular flexibility index (Phi) is 9.15. The second-order valence-electron chi connectivity index (χ2n) is 10.2. The lowest BCUT2D eigenvalue weighted by molar-refractivity contribution is -0.141. The Labute approximate surface area is 248 Å². The van der Waals surface area contributed by atoms with Crippen molar-refractivity contribution in [3.63, 3.8) is 0 Å². The zero-order valence-corrected chi connectivity index (χ0v) is 25.1. The largest absolute Gasteiger partial charge is 0.496 e. The molecule has 5 rings (SSSR count). The van der Waals surface area contributed by atoms with Crippen molar-refractivity contribution in [2.24, 2.45) is 5.92 Å². The third kappa shape index (κ3) is 6.36. The van der Waals surface area contributed by atoms with Crippen molar-refractivity contribution >= 4 is 50.8 Å². The van der Waals surface area contributed by atoms with Gasteiger partial charge in [0, 0.05) is 27.4 Å². The number of halogens is 1. The number of fused-ring (bicyclic) bond motifs is 1. The first-order valence-electron chi connectivity index (χ1n) is 13.8. The number of ether oxygens (including phenoxy) is 3. The molecule has 8 nitrogen and oxygen atoms in total. The maximum Gasteiger partial charge on any atom is 0.325 e. The number of thiazole rings is 1. The van der Waals surface area contributed by atoms with Gasteiger partial charge in [0.15, 0.2) is 5.13 Å². The van der Waals surface area contributed by atoms with E-state index in [1.54, 1.807) is 30.9 Å². The molecule has 1 fully saturated rings. The molecular weight excluding hydrogens is 562 g/mol. The summed E-state index contributed by atoms with van der Waals surface area (Å²) in [6.45, 7) is -0.0791. The second-order valence-corrected chi connectivity index (χ2v) is 11.7. The highest BCUT2D eigenvalue weighted by Gasteiger charge is 2.24. The summed E-state index contributed by atoms with van der Waals surface area (Å²) < 4.78 is 17.7. The topological polar surface area (TPSA) is 91.7 Å². The predicted molar refractivity (Wildman–Crippen MR) is 162 cm³/mol. The van der Waals surface area contributed by atoms with E-state index in [1.807, 2.05) is 30.3 Å². The molecule has 0 aliphatic heterocycles. The summed E-state index contributed by atoms with van der Waals surface area (Å²) in [5, 5.41) is 4.76. The van der Waals surface area contributed by atoms with Crippen LogP contribution < -0.4 is 14.8 Å². The average molecular weight is 596 g/mol. The lowest BCUT2D eigenvalue weighted by atomic mass is 9.86.